The van der Waals surface area contributed by atoms with Crippen molar-refractivity contribution in [2.45, 2.75) is 33.6 Å². The van der Waals surface area contributed by atoms with Crippen LogP contribution in [-0.4, -0.2) is 9.97 Å². The fourth-order valence-corrected chi connectivity index (χ4v) is 1.14. The fraction of sp³-hybridized carbons (Fsp3) is 0.385. The first-order chi connectivity index (χ1) is 7.29. The Labute approximate surface area is 91.4 Å². The van der Waals surface area contributed by atoms with E-state index in [2.05, 4.69) is 23.8 Å². The summed E-state index contributed by atoms with van der Waals surface area (Å²) in [6, 6.07) is 6.00. The van der Waals surface area contributed by atoms with Crippen LogP contribution in [0.2, 0.25) is 0 Å². The van der Waals surface area contributed by atoms with Crippen LogP contribution in [0.4, 0.5) is 0 Å². The molecule has 0 amide bonds. The standard InChI is InChI=1S/C9H8N2.C4H10/c1-7-3-2-4-8-9(7)11-6-5-10-8;1-3-4-2/h2-6H,1H3;3-4H2,1-2H3. The molecule has 1 aromatic carbocycles. The van der Waals surface area contributed by atoms with Gasteiger partial charge in [-0.15, -0.1) is 0 Å². The Morgan fingerprint density at radius 3 is 2.27 bits per heavy atom. The maximum absolute atomic E-state index is 4.22. The highest BCUT2D eigenvalue weighted by molar-refractivity contribution is 5.76. The number of fused-ring (bicyclic) bond motifs is 1. The lowest BCUT2D eigenvalue weighted by atomic mass is 10.2. The summed E-state index contributed by atoms with van der Waals surface area (Å²) < 4.78 is 0. The van der Waals surface area contributed by atoms with Crippen LogP contribution >= 0.6 is 0 Å². The summed E-state index contributed by atoms with van der Waals surface area (Å²) >= 11 is 0. The van der Waals surface area contributed by atoms with Gasteiger partial charge in [0.2, 0.25) is 0 Å². The monoisotopic (exact) mass is 202 g/mol. The number of para-hydroxylation sites is 1. The van der Waals surface area contributed by atoms with Gasteiger partial charge in [0.05, 0.1) is 11.0 Å². The summed E-state index contributed by atoms with van der Waals surface area (Å²) in [5.74, 6) is 0. The van der Waals surface area contributed by atoms with Crippen LogP contribution in [0.25, 0.3) is 11.0 Å². The molecule has 15 heavy (non-hydrogen) atoms. The van der Waals surface area contributed by atoms with Gasteiger partial charge in [0.15, 0.2) is 0 Å². The Bertz CT molecular complexity index is 403. The van der Waals surface area contributed by atoms with Crippen LogP contribution in [0, 0.1) is 6.92 Å². The molecule has 0 spiro atoms. The van der Waals surface area contributed by atoms with E-state index in [1.54, 1.807) is 12.4 Å². The molecule has 0 atom stereocenters. The van der Waals surface area contributed by atoms with Crippen LogP contribution in [0.5, 0.6) is 0 Å². The lowest BCUT2D eigenvalue weighted by Gasteiger charge is -1.96. The molecular formula is C13H18N2. The number of aryl methyl sites for hydroxylation is 1. The van der Waals surface area contributed by atoms with Crippen molar-refractivity contribution in [3.8, 4) is 0 Å². The van der Waals surface area contributed by atoms with Gasteiger partial charge < -0.3 is 0 Å². The van der Waals surface area contributed by atoms with Gasteiger partial charge in [-0.2, -0.15) is 0 Å². The number of aromatic nitrogens is 2. The first-order valence-corrected chi connectivity index (χ1v) is 5.46. The maximum Gasteiger partial charge on any atom is 0.0915 e. The zero-order valence-corrected chi connectivity index (χ0v) is 9.70. The summed E-state index contributed by atoms with van der Waals surface area (Å²) in [4.78, 5) is 8.40. The maximum atomic E-state index is 4.22. The molecule has 0 radical (unpaired) electrons. The molecule has 0 saturated heterocycles. The normalized spacial score (nSPS) is 9.53. The average molecular weight is 202 g/mol. The Morgan fingerprint density at radius 2 is 1.67 bits per heavy atom. The van der Waals surface area contributed by atoms with E-state index in [0.717, 1.165) is 11.0 Å². The molecule has 1 aromatic heterocycles. The quantitative estimate of drug-likeness (QED) is 0.704. The van der Waals surface area contributed by atoms with E-state index in [9.17, 15) is 0 Å². The van der Waals surface area contributed by atoms with Crippen molar-refractivity contribution in [3.05, 3.63) is 36.2 Å². The molecule has 2 heteroatoms. The van der Waals surface area contributed by atoms with Crippen molar-refractivity contribution >= 4 is 11.0 Å². The second-order valence-corrected chi connectivity index (χ2v) is 3.50. The number of hydrogen-bond acceptors (Lipinski definition) is 2. The van der Waals surface area contributed by atoms with E-state index in [-0.39, 0.29) is 0 Å². The van der Waals surface area contributed by atoms with E-state index in [4.69, 9.17) is 0 Å². The highest BCUT2D eigenvalue weighted by atomic mass is 14.8. The Morgan fingerprint density at radius 1 is 1.00 bits per heavy atom. The molecule has 0 unspecified atom stereocenters. The third-order valence-electron chi connectivity index (χ3n) is 2.20. The molecule has 2 rings (SSSR count). The molecule has 0 aliphatic heterocycles. The highest BCUT2D eigenvalue weighted by Crippen LogP contribution is 2.11. The van der Waals surface area contributed by atoms with Crippen molar-refractivity contribution in [1.29, 1.82) is 0 Å². The zero-order valence-electron chi connectivity index (χ0n) is 9.70. The molecular weight excluding hydrogens is 184 g/mol. The first-order valence-electron chi connectivity index (χ1n) is 5.46. The summed E-state index contributed by atoms with van der Waals surface area (Å²) in [7, 11) is 0. The topological polar surface area (TPSA) is 25.8 Å². The number of rotatable bonds is 1. The van der Waals surface area contributed by atoms with Gasteiger partial charge in [-0.3, -0.25) is 9.97 Å². The Hall–Kier alpha value is -1.44. The van der Waals surface area contributed by atoms with Crippen LogP contribution in [0.1, 0.15) is 32.3 Å². The van der Waals surface area contributed by atoms with Crippen molar-refractivity contribution in [2.75, 3.05) is 0 Å². The first kappa shape index (κ1) is 11.6. The van der Waals surface area contributed by atoms with Gasteiger partial charge in [0.1, 0.15) is 0 Å². The van der Waals surface area contributed by atoms with Crippen molar-refractivity contribution in [3.63, 3.8) is 0 Å². The summed E-state index contributed by atoms with van der Waals surface area (Å²) in [6.45, 7) is 6.40. The van der Waals surface area contributed by atoms with E-state index < -0.39 is 0 Å². The Balaban J connectivity index is 0.000000245. The van der Waals surface area contributed by atoms with Gasteiger partial charge >= 0.3 is 0 Å². The van der Waals surface area contributed by atoms with Gasteiger partial charge in [-0.25, -0.2) is 0 Å². The SMILES string of the molecule is CCCC.Cc1cccc2nccnc12. The third-order valence-corrected chi connectivity index (χ3v) is 2.20. The lowest BCUT2D eigenvalue weighted by Crippen LogP contribution is -1.83. The van der Waals surface area contributed by atoms with Gasteiger partial charge in [0.25, 0.3) is 0 Å². The van der Waals surface area contributed by atoms with E-state index in [0.29, 0.717) is 0 Å². The summed E-state index contributed by atoms with van der Waals surface area (Å²) in [5.41, 5.74) is 3.14. The lowest BCUT2D eigenvalue weighted by molar-refractivity contribution is 0.886. The number of hydrogen-bond donors (Lipinski definition) is 0. The fourth-order valence-electron chi connectivity index (χ4n) is 1.14. The van der Waals surface area contributed by atoms with Crippen molar-refractivity contribution in [1.82, 2.24) is 9.97 Å². The Kier molecular flexibility index (Phi) is 4.75. The molecule has 0 aliphatic carbocycles. The van der Waals surface area contributed by atoms with Crippen LogP contribution in [0.15, 0.2) is 30.6 Å². The minimum absolute atomic E-state index is 0.965. The average Bonchev–Trinajstić information content (AvgIpc) is 2.30. The smallest absolute Gasteiger partial charge is 0.0915 e. The molecule has 0 aliphatic rings. The molecule has 0 saturated carbocycles. The predicted octanol–water partition coefficient (Wildman–Crippen LogP) is 3.74. The molecule has 1 heterocycles. The van der Waals surface area contributed by atoms with E-state index in [1.165, 1.54) is 18.4 Å². The second kappa shape index (κ2) is 6.12. The highest BCUT2D eigenvalue weighted by Gasteiger charge is 1.95. The largest absolute Gasteiger partial charge is 0.253 e. The van der Waals surface area contributed by atoms with Gasteiger partial charge in [-0.1, -0.05) is 38.8 Å². The number of unbranched alkanes of at least 4 members (excludes halogenated alkanes) is 1. The van der Waals surface area contributed by atoms with Crippen LogP contribution < -0.4 is 0 Å². The number of nitrogens with zero attached hydrogens (tertiary/aromatic N) is 2. The third kappa shape index (κ3) is 3.31. The minimum Gasteiger partial charge on any atom is -0.253 e. The molecule has 0 N–H and O–H groups in total. The second-order valence-electron chi connectivity index (χ2n) is 3.50. The van der Waals surface area contributed by atoms with Crippen molar-refractivity contribution < 1.29 is 0 Å². The van der Waals surface area contributed by atoms with Crippen LogP contribution in [0.3, 0.4) is 0 Å². The molecule has 2 aromatic rings. The summed E-state index contributed by atoms with van der Waals surface area (Å²) in [6.07, 6.45) is 6.07. The van der Waals surface area contributed by atoms with Gasteiger partial charge in [-0.05, 0) is 18.6 Å². The van der Waals surface area contributed by atoms with E-state index >= 15 is 0 Å². The molecule has 0 bridgehead atoms. The molecule has 80 valence electrons. The van der Waals surface area contributed by atoms with Gasteiger partial charge in [0, 0.05) is 12.4 Å². The predicted molar refractivity (Wildman–Crippen MR) is 64.9 cm³/mol. The van der Waals surface area contributed by atoms with Crippen LogP contribution in [-0.2, 0) is 0 Å². The van der Waals surface area contributed by atoms with E-state index in [1.807, 2.05) is 25.1 Å². The molecule has 2 nitrogen and oxygen atoms in total. The summed E-state index contributed by atoms with van der Waals surface area (Å²) in [5, 5.41) is 0. The minimum atomic E-state index is 0.965. The number of benzene rings is 1. The zero-order chi connectivity index (χ0) is 11.1. The van der Waals surface area contributed by atoms with Crippen molar-refractivity contribution in [2.24, 2.45) is 0 Å². The molecule has 0 fully saturated rings.